The molecule has 0 bridgehead atoms. The van der Waals surface area contributed by atoms with Crippen LogP contribution in [-0.4, -0.2) is 45.9 Å². The lowest BCUT2D eigenvalue weighted by Crippen LogP contribution is -2.28. The molecule has 0 atom stereocenters. The topological polar surface area (TPSA) is 30.9 Å². The van der Waals surface area contributed by atoms with Gasteiger partial charge < -0.3 is 19.1 Å². The van der Waals surface area contributed by atoms with Crippen LogP contribution in [0.4, 0.5) is 0 Å². The Balaban J connectivity index is 2.97. The first-order valence-electron chi connectivity index (χ1n) is 6.52. The highest BCUT2D eigenvalue weighted by molar-refractivity contribution is 5.50. The fraction of sp³-hybridized carbons (Fsp3) is 0.600. The summed E-state index contributed by atoms with van der Waals surface area (Å²) >= 11 is 0. The van der Waals surface area contributed by atoms with Gasteiger partial charge >= 0.3 is 0 Å². The molecule has 0 N–H and O–H groups in total. The zero-order valence-electron chi connectivity index (χ0n) is 12.8. The number of benzene rings is 1. The number of methoxy groups -OCH3 is 3. The molecule has 0 aromatic heterocycles. The van der Waals surface area contributed by atoms with Crippen LogP contribution in [0.2, 0.25) is 0 Å². The van der Waals surface area contributed by atoms with E-state index < -0.39 is 0 Å². The van der Waals surface area contributed by atoms with E-state index >= 15 is 0 Å². The van der Waals surface area contributed by atoms with Crippen molar-refractivity contribution >= 4 is 0 Å². The van der Waals surface area contributed by atoms with Gasteiger partial charge in [0, 0.05) is 30.3 Å². The molecule has 0 aliphatic rings. The van der Waals surface area contributed by atoms with Gasteiger partial charge in [-0.2, -0.15) is 0 Å². The summed E-state index contributed by atoms with van der Waals surface area (Å²) in [6.07, 6.45) is 0.880. The average Bonchev–Trinajstić information content (AvgIpc) is 2.43. The van der Waals surface area contributed by atoms with Crippen molar-refractivity contribution in [1.82, 2.24) is 4.90 Å². The molecule has 0 unspecified atom stereocenters. The second kappa shape index (κ2) is 7.24. The molecule has 4 heteroatoms. The molecule has 0 radical (unpaired) electrons. The Morgan fingerprint density at radius 1 is 1.00 bits per heavy atom. The third kappa shape index (κ3) is 4.03. The van der Waals surface area contributed by atoms with Crippen LogP contribution < -0.4 is 14.2 Å². The van der Waals surface area contributed by atoms with E-state index in [2.05, 4.69) is 25.8 Å². The van der Waals surface area contributed by atoms with E-state index in [1.807, 2.05) is 12.1 Å². The minimum Gasteiger partial charge on any atom is -0.496 e. The number of ether oxygens (including phenoxy) is 3. The average molecular weight is 267 g/mol. The van der Waals surface area contributed by atoms with Gasteiger partial charge in [-0.25, -0.2) is 0 Å². The molecule has 0 saturated heterocycles. The monoisotopic (exact) mass is 267 g/mol. The highest BCUT2D eigenvalue weighted by atomic mass is 16.5. The van der Waals surface area contributed by atoms with Crippen molar-refractivity contribution in [3.8, 4) is 17.2 Å². The van der Waals surface area contributed by atoms with Crippen molar-refractivity contribution < 1.29 is 14.2 Å². The Bertz CT molecular complexity index is 379. The van der Waals surface area contributed by atoms with E-state index in [-0.39, 0.29) is 0 Å². The quantitative estimate of drug-likeness (QED) is 0.760. The summed E-state index contributed by atoms with van der Waals surface area (Å²) in [5, 5.41) is 0. The van der Waals surface area contributed by atoms with Crippen molar-refractivity contribution in [3.05, 3.63) is 17.7 Å². The number of likely N-dealkylation sites (N-methyl/N-ethyl adjacent to an activating group) is 1. The number of hydrogen-bond donors (Lipinski definition) is 0. The maximum Gasteiger partial charge on any atom is 0.129 e. The van der Waals surface area contributed by atoms with Gasteiger partial charge in [-0.3, -0.25) is 0 Å². The fourth-order valence-electron chi connectivity index (χ4n) is 1.87. The van der Waals surface area contributed by atoms with E-state index in [4.69, 9.17) is 14.2 Å². The third-order valence-electron chi connectivity index (χ3n) is 3.41. The van der Waals surface area contributed by atoms with Gasteiger partial charge in [0.05, 0.1) is 21.3 Å². The number of nitrogens with zero attached hydrogens (tertiary/aromatic N) is 1. The van der Waals surface area contributed by atoms with Gasteiger partial charge in [0.1, 0.15) is 17.2 Å². The predicted octanol–water partition coefficient (Wildman–Crippen LogP) is 2.60. The zero-order chi connectivity index (χ0) is 14.4. The van der Waals surface area contributed by atoms with Crippen molar-refractivity contribution in [2.24, 2.45) is 0 Å². The second-order valence-electron chi connectivity index (χ2n) is 4.83. The van der Waals surface area contributed by atoms with Gasteiger partial charge in [0.25, 0.3) is 0 Å². The summed E-state index contributed by atoms with van der Waals surface area (Å²) in [5.41, 5.74) is 1.08. The van der Waals surface area contributed by atoms with Crippen LogP contribution in [0.15, 0.2) is 12.1 Å². The summed E-state index contributed by atoms with van der Waals surface area (Å²) in [6.45, 7) is 5.32. The van der Waals surface area contributed by atoms with Crippen molar-refractivity contribution in [2.45, 2.75) is 26.3 Å². The van der Waals surface area contributed by atoms with Gasteiger partial charge in [0.15, 0.2) is 0 Å². The molecule has 108 valence electrons. The lowest BCUT2D eigenvalue weighted by Gasteiger charge is -2.22. The van der Waals surface area contributed by atoms with Gasteiger partial charge in [-0.15, -0.1) is 0 Å². The highest BCUT2D eigenvalue weighted by Crippen LogP contribution is 2.34. The first-order valence-corrected chi connectivity index (χ1v) is 6.52. The maximum atomic E-state index is 5.44. The Kier molecular flexibility index (Phi) is 5.96. The molecule has 0 fully saturated rings. The zero-order valence-corrected chi connectivity index (χ0v) is 12.8. The van der Waals surface area contributed by atoms with E-state index in [0.29, 0.717) is 6.04 Å². The number of rotatable bonds is 7. The standard InChI is InChI=1S/C15H25NO3/c1-11(2)16(3)8-7-13-14(18-5)9-12(17-4)10-15(13)19-6/h9-11H,7-8H2,1-6H3. The molecule has 0 aliphatic heterocycles. The molecule has 0 spiro atoms. The van der Waals surface area contributed by atoms with Gasteiger partial charge in [-0.05, 0) is 27.3 Å². The van der Waals surface area contributed by atoms with E-state index in [9.17, 15) is 0 Å². The molecular formula is C15H25NO3. The molecule has 1 aromatic rings. The van der Waals surface area contributed by atoms with Crippen LogP contribution in [0.25, 0.3) is 0 Å². The first kappa shape index (κ1) is 15.6. The predicted molar refractivity (Wildman–Crippen MR) is 77.6 cm³/mol. The Morgan fingerprint density at radius 3 is 1.89 bits per heavy atom. The lowest BCUT2D eigenvalue weighted by atomic mass is 10.1. The van der Waals surface area contributed by atoms with Crippen molar-refractivity contribution in [2.75, 3.05) is 34.9 Å². The summed E-state index contributed by atoms with van der Waals surface area (Å²) in [6, 6.07) is 4.32. The Morgan fingerprint density at radius 2 is 1.53 bits per heavy atom. The summed E-state index contributed by atoms with van der Waals surface area (Å²) in [5.74, 6) is 2.37. The number of hydrogen-bond acceptors (Lipinski definition) is 4. The molecular weight excluding hydrogens is 242 g/mol. The normalized spacial score (nSPS) is 10.9. The van der Waals surface area contributed by atoms with E-state index in [1.165, 1.54) is 0 Å². The molecule has 4 nitrogen and oxygen atoms in total. The van der Waals surface area contributed by atoms with Gasteiger partial charge in [0.2, 0.25) is 0 Å². The van der Waals surface area contributed by atoms with E-state index in [1.54, 1.807) is 21.3 Å². The molecule has 0 heterocycles. The lowest BCUT2D eigenvalue weighted by molar-refractivity contribution is 0.274. The molecule has 19 heavy (non-hydrogen) atoms. The van der Waals surface area contributed by atoms with Crippen LogP contribution >= 0.6 is 0 Å². The SMILES string of the molecule is COc1cc(OC)c(CCN(C)C(C)C)c(OC)c1. The van der Waals surface area contributed by atoms with Crippen LogP contribution in [0, 0.1) is 0 Å². The molecule has 0 aliphatic carbocycles. The van der Waals surface area contributed by atoms with Crippen LogP contribution in [0.3, 0.4) is 0 Å². The van der Waals surface area contributed by atoms with Crippen LogP contribution in [0.1, 0.15) is 19.4 Å². The van der Waals surface area contributed by atoms with Crippen LogP contribution in [-0.2, 0) is 6.42 Å². The highest BCUT2D eigenvalue weighted by Gasteiger charge is 2.14. The largest absolute Gasteiger partial charge is 0.496 e. The smallest absolute Gasteiger partial charge is 0.129 e. The minimum atomic E-state index is 0.523. The third-order valence-corrected chi connectivity index (χ3v) is 3.41. The summed E-state index contributed by atoms with van der Waals surface area (Å²) in [7, 11) is 7.10. The summed E-state index contributed by atoms with van der Waals surface area (Å²) in [4.78, 5) is 2.29. The maximum absolute atomic E-state index is 5.44. The van der Waals surface area contributed by atoms with Crippen molar-refractivity contribution in [1.29, 1.82) is 0 Å². The Hall–Kier alpha value is -1.42. The molecule has 0 amide bonds. The molecule has 1 rings (SSSR count). The molecule has 0 saturated carbocycles. The minimum absolute atomic E-state index is 0.523. The fourth-order valence-corrected chi connectivity index (χ4v) is 1.87. The second-order valence-corrected chi connectivity index (χ2v) is 4.83. The van der Waals surface area contributed by atoms with Crippen molar-refractivity contribution in [3.63, 3.8) is 0 Å². The van der Waals surface area contributed by atoms with E-state index in [0.717, 1.165) is 35.8 Å². The molecule has 1 aromatic carbocycles. The van der Waals surface area contributed by atoms with Gasteiger partial charge in [-0.1, -0.05) is 0 Å². The van der Waals surface area contributed by atoms with Crippen LogP contribution in [0.5, 0.6) is 17.2 Å². The first-order chi connectivity index (χ1) is 9.03. The summed E-state index contributed by atoms with van der Waals surface area (Å²) < 4.78 is 16.1. The Labute approximate surface area is 116 Å².